The second-order valence-electron chi connectivity index (χ2n) is 5.22. The van der Waals surface area contributed by atoms with E-state index in [1.165, 1.54) is 0 Å². The Bertz CT molecular complexity index is 752. The van der Waals surface area contributed by atoms with Crippen LogP contribution in [0.2, 0.25) is 0 Å². The SMILES string of the molecule is COc1ccc([C@@]23O[C@@H]2Oc2cc(OC)ccc2C3=O)cc1. The van der Waals surface area contributed by atoms with E-state index in [9.17, 15) is 4.79 Å². The molecule has 0 saturated carbocycles. The van der Waals surface area contributed by atoms with Crippen LogP contribution in [0.5, 0.6) is 17.2 Å². The molecule has 0 bridgehead atoms. The van der Waals surface area contributed by atoms with Gasteiger partial charge in [0.15, 0.2) is 0 Å². The van der Waals surface area contributed by atoms with Crippen LogP contribution >= 0.6 is 0 Å². The minimum Gasteiger partial charge on any atom is -0.497 e. The summed E-state index contributed by atoms with van der Waals surface area (Å²) in [6.45, 7) is 0. The molecule has 1 saturated heterocycles. The van der Waals surface area contributed by atoms with Gasteiger partial charge < -0.3 is 18.9 Å². The Morgan fingerprint density at radius 1 is 1.00 bits per heavy atom. The monoisotopic (exact) mass is 298 g/mol. The van der Waals surface area contributed by atoms with E-state index in [1.54, 1.807) is 44.6 Å². The van der Waals surface area contributed by atoms with E-state index >= 15 is 0 Å². The van der Waals surface area contributed by atoms with Crippen molar-refractivity contribution in [2.24, 2.45) is 0 Å². The van der Waals surface area contributed by atoms with Gasteiger partial charge >= 0.3 is 0 Å². The fourth-order valence-electron chi connectivity index (χ4n) is 2.81. The molecule has 2 aliphatic rings. The number of ether oxygens (including phenoxy) is 4. The molecule has 5 nitrogen and oxygen atoms in total. The molecule has 112 valence electrons. The van der Waals surface area contributed by atoms with Crippen molar-refractivity contribution >= 4 is 5.78 Å². The van der Waals surface area contributed by atoms with Crippen molar-refractivity contribution in [3.63, 3.8) is 0 Å². The lowest BCUT2D eigenvalue weighted by atomic mass is 9.88. The quantitative estimate of drug-likeness (QED) is 0.815. The summed E-state index contributed by atoms with van der Waals surface area (Å²) in [4.78, 5) is 12.9. The van der Waals surface area contributed by atoms with Gasteiger partial charge in [0, 0.05) is 6.07 Å². The minimum absolute atomic E-state index is 0.0911. The van der Waals surface area contributed by atoms with Gasteiger partial charge in [-0.05, 0) is 29.8 Å². The first-order valence-corrected chi connectivity index (χ1v) is 6.91. The number of benzene rings is 2. The molecular weight excluding hydrogens is 284 g/mol. The third-order valence-corrected chi connectivity index (χ3v) is 4.09. The Balaban J connectivity index is 1.74. The van der Waals surface area contributed by atoms with Crippen LogP contribution in [0.4, 0.5) is 0 Å². The van der Waals surface area contributed by atoms with Gasteiger partial charge in [0.2, 0.25) is 17.7 Å². The molecule has 22 heavy (non-hydrogen) atoms. The molecule has 0 aromatic heterocycles. The van der Waals surface area contributed by atoms with Crippen molar-refractivity contribution < 1.29 is 23.7 Å². The summed E-state index contributed by atoms with van der Waals surface area (Å²) >= 11 is 0. The minimum atomic E-state index is -1.03. The lowest BCUT2D eigenvalue weighted by molar-refractivity contribution is 0.0862. The number of methoxy groups -OCH3 is 2. The zero-order valence-corrected chi connectivity index (χ0v) is 12.2. The molecule has 0 N–H and O–H groups in total. The van der Waals surface area contributed by atoms with Crippen LogP contribution < -0.4 is 14.2 Å². The van der Waals surface area contributed by atoms with Crippen molar-refractivity contribution in [3.05, 3.63) is 53.6 Å². The van der Waals surface area contributed by atoms with Crippen LogP contribution in [0.15, 0.2) is 42.5 Å². The number of carbonyl (C=O) groups is 1. The second-order valence-corrected chi connectivity index (χ2v) is 5.22. The molecule has 5 heteroatoms. The molecular formula is C17H14O5. The zero-order valence-electron chi connectivity index (χ0n) is 12.2. The van der Waals surface area contributed by atoms with E-state index in [0.717, 1.165) is 11.3 Å². The largest absolute Gasteiger partial charge is 0.497 e. The molecule has 2 aromatic rings. The fraction of sp³-hybridized carbons (Fsp3) is 0.235. The number of fused-ring (bicyclic) bond motifs is 2. The Hall–Kier alpha value is -2.53. The number of epoxide rings is 1. The van der Waals surface area contributed by atoms with Crippen LogP contribution in [0.3, 0.4) is 0 Å². The lowest BCUT2D eigenvalue weighted by Crippen LogP contribution is -2.31. The molecule has 0 aliphatic carbocycles. The van der Waals surface area contributed by atoms with Crippen molar-refractivity contribution in [3.8, 4) is 17.2 Å². The van der Waals surface area contributed by atoms with Crippen molar-refractivity contribution in [2.45, 2.75) is 11.9 Å². The molecule has 2 aliphatic heterocycles. The summed E-state index contributed by atoms with van der Waals surface area (Å²) in [5.74, 6) is 1.78. The summed E-state index contributed by atoms with van der Waals surface area (Å²) in [5.41, 5.74) is 0.239. The number of Topliss-reactive ketones (excluding diaryl/α,β-unsaturated/α-hetero) is 1. The van der Waals surface area contributed by atoms with E-state index in [-0.39, 0.29) is 5.78 Å². The lowest BCUT2D eigenvalue weighted by Gasteiger charge is -2.20. The van der Waals surface area contributed by atoms with Gasteiger partial charge in [-0.25, -0.2) is 0 Å². The normalized spacial score (nSPS) is 24.8. The first kappa shape index (κ1) is 13.2. The predicted octanol–water partition coefficient (Wildman–Crippen LogP) is 2.53. The van der Waals surface area contributed by atoms with Crippen LogP contribution in [0.25, 0.3) is 0 Å². The van der Waals surface area contributed by atoms with Crippen LogP contribution in [-0.4, -0.2) is 26.3 Å². The molecule has 2 atom stereocenters. The summed E-state index contributed by atoms with van der Waals surface area (Å²) < 4.78 is 21.7. The highest BCUT2D eigenvalue weighted by Crippen LogP contribution is 2.54. The topological polar surface area (TPSA) is 57.3 Å². The van der Waals surface area contributed by atoms with Crippen LogP contribution in [0, 0.1) is 0 Å². The third kappa shape index (κ3) is 1.66. The van der Waals surface area contributed by atoms with Gasteiger partial charge in [-0.1, -0.05) is 12.1 Å². The van der Waals surface area contributed by atoms with E-state index < -0.39 is 11.9 Å². The Morgan fingerprint density at radius 2 is 1.68 bits per heavy atom. The highest BCUT2D eigenvalue weighted by Gasteiger charge is 2.68. The first-order valence-electron chi connectivity index (χ1n) is 6.91. The first-order chi connectivity index (χ1) is 10.7. The average molecular weight is 298 g/mol. The van der Waals surface area contributed by atoms with Crippen molar-refractivity contribution in [1.82, 2.24) is 0 Å². The number of rotatable bonds is 3. The van der Waals surface area contributed by atoms with Gasteiger partial charge in [0.05, 0.1) is 19.8 Å². The maximum Gasteiger partial charge on any atom is 0.242 e. The summed E-state index contributed by atoms with van der Waals surface area (Å²) in [5, 5.41) is 0. The smallest absolute Gasteiger partial charge is 0.242 e. The van der Waals surface area contributed by atoms with Crippen LogP contribution in [0.1, 0.15) is 15.9 Å². The van der Waals surface area contributed by atoms with Gasteiger partial charge in [0.1, 0.15) is 17.2 Å². The summed E-state index contributed by atoms with van der Waals surface area (Å²) in [7, 11) is 3.17. The zero-order chi connectivity index (χ0) is 15.3. The van der Waals surface area contributed by atoms with Gasteiger partial charge in [-0.3, -0.25) is 4.79 Å². The number of hydrogen-bond donors (Lipinski definition) is 0. The van der Waals surface area contributed by atoms with Crippen molar-refractivity contribution in [2.75, 3.05) is 14.2 Å². The van der Waals surface area contributed by atoms with E-state index in [4.69, 9.17) is 18.9 Å². The standard InChI is InChI=1S/C17H14O5/c1-19-11-5-3-10(4-6-11)17-15(18)13-8-7-12(20-2)9-14(13)21-16(17)22-17/h3-9,16H,1-2H3/t16-,17-/m0/s1. The molecule has 4 rings (SSSR count). The molecule has 1 fully saturated rings. The number of ketones is 1. The molecule has 0 unspecified atom stereocenters. The number of carbonyl (C=O) groups excluding carboxylic acids is 1. The van der Waals surface area contributed by atoms with E-state index in [2.05, 4.69) is 0 Å². The summed E-state index contributed by atoms with van der Waals surface area (Å²) in [6, 6.07) is 12.4. The molecule has 2 heterocycles. The third-order valence-electron chi connectivity index (χ3n) is 4.09. The second kappa shape index (κ2) is 4.48. The Morgan fingerprint density at radius 3 is 2.36 bits per heavy atom. The molecule has 0 amide bonds. The number of hydrogen-bond acceptors (Lipinski definition) is 5. The van der Waals surface area contributed by atoms with E-state index in [0.29, 0.717) is 17.1 Å². The average Bonchev–Trinajstić information content (AvgIpc) is 3.30. The van der Waals surface area contributed by atoms with E-state index in [1.807, 2.05) is 12.1 Å². The maximum absolute atomic E-state index is 12.9. The van der Waals surface area contributed by atoms with Crippen molar-refractivity contribution in [1.29, 1.82) is 0 Å². The van der Waals surface area contributed by atoms with Gasteiger partial charge in [-0.2, -0.15) is 0 Å². The fourth-order valence-corrected chi connectivity index (χ4v) is 2.81. The predicted molar refractivity (Wildman–Crippen MR) is 77.5 cm³/mol. The van der Waals surface area contributed by atoms with Gasteiger partial charge in [-0.15, -0.1) is 0 Å². The highest BCUT2D eigenvalue weighted by atomic mass is 16.8. The molecule has 0 spiro atoms. The maximum atomic E-state index is 12.9. The highest BCUT2D eigenvalue weighted by molar-refractivity contribution is 6.08. The van der Waals surface area contributed by atoms with Crippen LogP contribution in [-0.2, 0) is 10.3 Å². The Kier molecular flexibility index (Phi) is 2.68. The Labute approximate surface area is 127 Å². The molecule has 0 radical (unpaired) electrons. The molecule has 2 aromatic carbocycles. The van der Waals surface area contributed by atoms with Gasteiger partial charge in [0.25, 0.3) is 0 Å². The summed E-state index contributed by atoms with van der Waals surface area (Å²) in [6.07, 6.45) is -0.590.